The Hall–Kier alpha value is -1.78. The van der Waals surface area contributed by atoms with Crippen molar-refractivity contribution in [3.05, 3.63) is 33.2 Å². The average Bonchev–Trinajstić information content (AvgIpc) is 2.31. The van der Waals surface area contributed by atoms with Crippen molar-refractivity contribution >= 4 is 11.2 Å². The van der Waals surface area contributed by atoms with Gasteiger partial charge in [0.05, 0.1) is 0 Å². The summed E-state index contributed by atoms with van der Waals surface area (Å²) < 4.78 is 8.94. The Morgan fingerprint density at radius 3 is 2.82 bits per heavy atom. The van der Waals surface area contributed by atoms with Crippen molar-refractivity contribution in [1.29, 1.82) is 0 Å². The molecule has 0 amide bonds. The molecule has 0 saturated carbocycles. The molecule has 0 saturated heterocycles. The summed E-state index contributed by atoms with van der Waals surface area (Å²) in [5, 5.41) is 0. The van der Waals surface area contributed by atoms with Gasteiger partial charge in [-0.05, 0) is 0 Å². The SMILES string of the molecule is O=c1oc2cc[nH]c(=O)c2o1. The fourth-order valence-electron chi connectivity index (χ4n) is 0.817. The number of hydrogen-bond donors (Lipinski definition) is 1. The summed E-state index contributed by atoms with van der Waals surface area (Å²) in [5.74, 6) is -0.864. The van der Waals surface area contributed by atoms with Crippen LogP contribution in [0.15, 0.2) is 30.7 Å². The molecular formula is C6H3NO4. The Morgan fingerprint density at radius 2 is 2.09 bits per heavy atom. The summed E-state index contributed by atoms with van der Waals surface area (Å²) in [7, 11) is 0. The van der Waals surface area contributed by atoms with Crippen molar-refractivity contribution in [2.45, 2.75) is 0 Å². The summed E-state index contributed by atoms with van der Waals surface area (Å²) in [6, 6.07) is 1.45. The molecule has 0 aliphatic heterocycles. The van der Waals surface area contributed by atoms with Crippen LogP contribution in [0, 0.1) is 0 Å². The molecule has 0 atom stereocenters. The van der Waals surface area contributed by atoms with Gasteiger partial charge in [0.1, 0.15) is 0 Å². The van der Waals surface area contributed by atoms with Gasteiger partial charge in [0.15, 0.2) is 5.58 Å². The molecule has 2 aromatic rings. The predicted molar refractivity (Wildman–Crippen MR) is 35.4 cm³/mol. The van der Waals surface area contributed by atoms with Crippen LogP contribution in [0.25, 0.3) is 11.2 Å². The molecule has 0 radical (unpaired) electrons. The van der Waals surface area contributed by atoms with E-state index >= 15 is 0 Å². The quantitative estimate of drug-likeness (QED) is 0.581. The first kappa shape index (κ1) is 5.96. The number of nitrogens with one attached hydrogen (secondary N) is 1. The second-order valence-corrected chi connectivity index (χ2v) is 1.95. The van der Waals surface area contributed by atoms with Crippen molar-refractivity contribution < 1.29 is 8.83 Å². The molecule has 56 valence electrons. The Labute approximate surface area is 59.3 Å². The zero-order valence-corrected chi connectivity index (χ0v) is 5.29. The van der Waals surface area contributed by atoms with Crippen LogP contribution >= 0.6 is 0 Å². The fraction of sp³-hybridized carbons (Fsp3) is 0. The number of rotatable bonds is 0. The van der Waals surface area contributed by atoms with Crippen LogP contribution in [0.3, 0.4) is 0 Å². The van der Waals surface area contributed by atoms with Crippen LogP contribution < -0.4 is 11.4 Å². The Kier molecular flexibility index (Phi) is 1.00. The Bertz CT molecular complexity index is 489. The third-order valence-electron chi connectivity index (χ3n) is 1.26. The lowest BCUT2D eigenvalue weighted by molar-refractivity contribution is 0.408. The van der Waals surface area contributed by atoms with Gasteiger partial charge in [0.2, 0.25) is 5.58 Å². The van der Waals surface area contributed by atoms with E-state index in [9.17, 15) is 9.59 Å². The number of fused-ring (bicyclic) bond motifs is 1. The van der Waals surface area contributed by atoms with E-state index in [1.165, 1.54) is 12.3 Å². The predicted octanol–water partition coefficient (Wildman–Crippen LogP) is 0.0743. The highest BCUT2D eigenvalue weighted by atomic mass is 16.6. The van der Waals surface area contributed by atoms with Crippen LogP contribution in [-0.2, 0) is 0 Å². The third kappa shape index (κ3) is 0.778. The number of H-pyrrole nitrogens is 1. The van der Waals surface area contributed by atoms with E-state index in [0.29, 0.717) is 0 Å². The molecule has 0 bridgehead atoms. The van der Waals surface area contributed by atoms with Gasteiger partial charge in [-0.25, -0.2) is 4.79 Å². The molecule has 11 heavy (non-hydrogen) atoms. The van der Waals surface area contributed by atoms with E-state index in [1.54, 1.807) is 0 Å². The van der Waals surface area contributed by atoms with E-state index in [-0.39, 0.29) is 11.2 Å². The Morgan fingerprint density at radius 1 is 1.27 bits per heavy atom. The van der Waals surface area contributed by atoms with Crippen molar-refractivity contribution in [3.8, 4) is 0 Å². The topological polar surface area (TPSA) is 76.2 Å². The zero-order chi connectivity index (χ0) is 7.84. The molecule has 0 spiro atoms. The summed E-state index contributed by atoms with van der Waals surface area (Å²) >= 11 is 0. The van der Waals surface area contributed by atoms with E-state index in [1.807, 2.05) is 0 Å². The highest BCUT2D eigenvalue weighted by molar-refractivity contribution is 5.67. The minimum absolute atomic E-state index is 0.0718. The number of pyridine rings is 1. The van der Waals surface area contributed by atoms with Gasteiger partial charge < -0.3 is 13.8 Å². The number of aromatic nitrogens is 1. The molecule has 5 heteroatoms. The van der Waals surface area contributed by atoms with Crippen molar-refractivity contribution in [3.63, 3.8) is 0 Å². The lowest BCUT2D eigenvalue weighted by Gasteiger charge is -1.79. The van der Waals surface area contributed by atoms with Crippen molar-refractivity contribution in [1.82, 2.24) is 4.98 Å². The van der Waals surface area contributed by atoms with Crippen LogP contribution in [0.5, 0.6) is 0 Å². The van der Waals surface area contributed by atoms with E-state index in [2.05, 4.69) is 13.8 Å². The summed E-state index contributed by atoms with van der Waals surface area (Å²) in [6.45, 7) is 0. The molecule has 0 fully saturated rings. The van der Waals surface area contributed by atoms with Gasteiger partial charge in [-0.3, -0.25) is 4.79 Å². The molecule has 0 aliphatic rings. The van der Waals surface area contributed by atoms with Crippen LogP contribution in [-0.4, -0.2) is 4.98 Å². The van der Waals surface area contributed by atoms with Crippen LogP contribution in [0.1, 0.15) is 0 Å². The number of aromatic amines is 1. The first-order valence-electron chi connectivity index (χ1n) is 2.89. The van der Waals surface area contributed by atoms with Crippen molar-refractivity contribution in [2.24, 2.45) is 0 Å². The maximum absolute atomic E-state index is 10.8. The standard InChI is InChI=1S/C6H3NO4/c8-5-4-3(1-2-7-5)10-6(9)11-4/h1-2H,(H,7,8). The normalized spacial score (nSPS) is 10.5. The van der Waals surface area contributed by atoms with Crippen LogP contribution in [0.4, 0.5) is 0 Å². The molecular weight excluding hydrogens is 150 g/mol. The lowest BCUT2D eigenvalue weighted by Crippen LogP contribution is -2.02. The van der Waals surface area contributed by atoms with Gasteiger partial charge >= 0.3 is 5.82 Å². The van der Waals surface area contributed by atoms with E-state index in [4.69, 9.17) is 0 Å². The summed E-state index contributed by atoms with van der Waals surface area (Å²) in [5.41, 5.74) is -0.371. The molecule has 2 aromatic heterocycles. The summed E-state index contributed by atoms with van der Waals surface area (Å²) in [6.07, 6.45) is 1.38. The lowest BCUT2D eigenvalue weighted by atomic mass is 10.4. The molecule has 1 N–H and O–H groups in total. The monoisotopic (exact) mass is 153 g/mol. The molecule has 5 nitrogen and oxygen atoms in total. The largest absolute Gasteiger partial charge is 0.519 e. The molecule has 0 unspecified atom stereocenters. The number of hydrogen-bond acceptors (Lipinski definition) is 4. The van der Waals surface area contributed by atoms with E-state index < -0.39 is 11.4 Å². The van der Waals surface area contributed by atoms with Crippen LogP contribution in [0.2, 0.25) is 0 Å². The average molecular weight is 153 g/mol. The second-order valence-electron chi connectivity index (χ2n) is 1.95. The van der Waals surface area contributed by atoms with Gasteiger partial charge in [-0.2, -0.15) is 0 Å². The van der Waals surface area contributed by atoms with E-state index in [0.717, 1.165) is 0 Å². The van der Waals surface area contributed by atoms with Crippen molar-refractivity contribution in [2.75, 3.05) is 0 Å². The Balaban J connectivity index is 3.14. The third-order valence-corrected chi connectivity index (χ3v) is 1.26. The minimum atomic E-state index is -0.864. The minimum Gasteiger partial charge on any atom is -0.390 e. The summed E-state index contributed by atoms with van der Waals surface area (Å²) in [4.78, 5) is 23.6. The maximum Gasteiger partial charge on any atom is 0.519 e. The molecule has 0 aliphatic carbocycles. The second kappa shape index (κ2) is 1.85. The highest BCUT2D eigenvalue weighted by Crippen LogP contribution is 2.03. The molecule has 2 rings (SSSR count). The first-order chi connectivity index (χ1) is 5.27. The smallest absolute Gasteiger partial charge is 0.390 e. The first-order valence-corrected chi connectivity index (χ1v) is 2.89. The van der Waals surface area contributed by atoms with Gasteiger partial charge in [-0.15, -0.1) is 0 Å². The highest BCUT2D eigenvalue weighted by Gasteiger charge is 2.05. The zero-order valence-electron chi connectivity index (χ0n) is 5.29. The van der Waals surface area contributed by atoms with Gasteiger partial charge in [0, 0.05) is 12.3 Å². The van der Waals surface area contributed by atoms with Gasteiger partial charge in [-0.1, -0.05) is 0 Å². The molecule has 0 aromatic carbocycles. The maximum atomic E-state index is 10.8. The van der Waals surface area contributed by atoms with Gasteiger partial charge in [0.25, 0.3) is 5.56 Å². The molecule has 2 heterocycles. The fourth-order valence-corrected chi connectivity index (χ4v) is 0.817.